The zero-order valence-electron chi connectivity index (χ0n) is 22.2. The highest BCUT2D eigenvalue weighted by molar-refractivity contribution is 7.47. The smallest absolute Gasteiger partial charge is 0.388 e. The summed E-state index contributed by atoms with van der Waals surface area (Å²) in [5.41, 5.74) is 5.81. The number of nitrogens with zero attached hydrogens (tertiary/aromatic N) is 7. The lowest BCUT2D eigenvalue weighted by atomic mass is 10.1. The van der Waals surface area contributed by atoms with Crippen molar-refractivity contribution in [1.29, 1.82) is 0 Å². The number of hydrogen-bond donors (Lipinski definition) is 6. The number of anilines is 1. The van der Waals surface area contributed by atoms with E-state index >= 15 is 0 Å². The Kier molecular flexibility index (Phi) is 7.18. The van der Waals surface area contributed by atoms with Gasteiger partial charge in [0.1, 0.15) is 42.4 Å². The molecule has 23 heteroatoms. The van der Waals surface area contributed by atoms with E-state index in [-0.39, 0.29) is 34.6 Å². The van der Waals surface area contributed by atoms with Crippen molar-refractivity contribution >= 4 is 43.8 Å². The quantitative estimate of drug-likeness (QED) is 0.137. The largest absolute Gasteiger partial charge is 0.472 e. The third kappa shape index (κ3) is 5.05. The number of aromatic nitrogens is 8. The Balaban J connectivity index is 1.17. The molecule has 6 heterocycles. The van der Waals surface area contributed by atoms with Crippen LogP contribution in [-0.4, -0.2) is 103 Å². The Bertz CT molecular complexity index is 1880. The van der Waals surface area contributed by atoms with Crippen LogP contribution in [-0.2, 0) is 32.0 Å². The molecule has 10 unspecified atom stereocenters. The van der Waals surface area contributed by atoms with Gasteiger partial charge in [0.15, 0.2) is 28.9 Å². The molecule has 236 valence electrons. The van der Waals surface area contributed by atoms with E-state index in [0.717, 1.165) is 12.7 Å². The number of ether oxygens (including phenoxy) is 1. The fourth-order valence-electron chi connectivity index (χ4n) is 5.77. The molecule has 2 aliphatic heterocycles. The lowest BCUT2D eigenvalue weighted by molar-refractivity contribution is -0.0606. The predicted molar refractivity (Wildman–Crippen MR) is 142 cm³/mol. The molecule has 1 aliphatic carbocycles. The minimum absolute atomic E-state index is 0.00445. The summed E-state index contributed by atoms with van der Waals surface area (Å²) in [6.45, 7) is -1.35. The summed E-state index contributed by atoms with van der Waals surface area (Å²) in [7, 11) is -9.89. The van der Waals surface area contributed by atoms with Gasteiger partial charge in [-0.2, -0.15) is 0 Å². The van der Waals surface area contributed by atoms with Crippen LogP contribution < -0.4 is 11.3 Å². The molecule has 7 rings (SSSR count). The number of aliphatic hydroxyl groups is 2. The summed E-state index contributed by atoms with van der Waals surface area (Å²) in [6, 6.07) is -0.898. The molecule has 0 bridgehead atoms. The van der Waals surface area contributed by atoms with Crippen molar-refractivity contribution in [1.82, 2.24) is 39.0 Å². The lowest BCUT2D eigenvalue weighted by Gasteiger charge is -2.28. The van der Waals surface area contributed by atoms with E-state index in [0.29, 0.717) is 0 Å². The molecular formula is C21H25N9O12P2. The van der Waals surface area contributed by atoms with Crippen molar-refractivity contribution in [2.24, 2.45) is 5.92 Å². The van der Waals surface area contributed by atoms with Crippen molar-refractivity contribution in [2.75, 3.05) is 18.9 Å². The Morgan fingerprint density at radius 3 is 2.36 bits per heavy atom. The van der Waals surface area contributed by atoms with Crippen molar-refractivity contribution < 1.29 is 52.0 Å². The first kappa shape index (κ1) is 29.5. The number of hydrogen-bond acceptors (Lipinski definition) is 16. The van der Waals surface area contributed by atoms with Crippen LogP contribution in [0.2, 0.25) is 0 Å². The molecule has 4 aromatic rings. The molecule has 3 fully saturated rings. The number of imidazole rings is 2. The van der Waals surface area contributed by atoms with E-state index in [1.807, 2.05) is 0 Å². The summed E-state index contributed by atoms with van der Waals surface area (Å²) in [5.74, 6) is -0.905. The maximum absolute atomic E-state index is 13.1. The number of phosphoric ester groups is 2. The van der Waals surface area contributed by atoms with Gasteiger partial charge in [0.05, 0.1) is 38.2 Å². The van der Waals surface area contributed by atoms with Crippen LogP contribution in [0.25, 0.3) is 22.3 Å². The highest BCUT2D eigenvalue weighted by Crippen LogP contribution is 2.55. The zero-order valence-corrected chi connectivity index (χ0v) is 24.0. The Hall–Kier alpha value is -3.20. The third-order valence-corrected chi connectivity index (χ3v) is 9.77. The summed E-state index contributed by atoms with van der Waals surface area (Å²) in [4.78, 5) is 55.9. The maximum Gasteiger partial charge on any atom is 0.472 e. The van der Waals surface area contributed by atoms with Crippen LogP contribution >= 0.6 is 15.6 Å². The van der Waals surface area contributed by atoms with Crippen LogP contribution in [0.15, 0.2) is 30.1 Å². The van der Waals surface area contributed by atoms with Crippen LogP contribution in [0.3, 0.4) is 0 Å². The highest BCUT2D eigenvalue weighted by atomic mass is 31.2. The van der Waals surface area contributed by atoms with Gasteiger partial charge in [0, 0.05) is 5.92 Å². The fraction of sp³-hybridized carbons (Fsp3) is 0.524. The summed E-state index contributed by atoms with van der Waals surface area (Å²) in [6.07, 6.45) is -4.12. The number of nitrogens with one attached hydrogen (secondary N) is 1. The van der Waals surface area contributed by atoms with Crippen molar-refractivity contribution in [3.63, 3.8) is 0 Å². The maximum atomic E-state index is 13.1. The number of phosphoric acid groups is 2. The fourth-order valence-corrected chi connectivity index (χ4v) is 7.78. The van der Waals surface area contributed by atoms with E-state index in [1.165, 1.54) is 21.8 Å². The SMILES string of the molecule is Nc1ncnc2c1ncn2C1OC2COP(=O)(O)OC3C(COP(=O)(O)OC2C1O)CC(n1cnc2c(=O)[nH]cnc21)C3O. The van der Waals surface area contributed by atoms with Gasteiger partial charge in [0.25, 0.3) is 5.56 Å². The molecule has 1 saturated carbocycles. The molecule has 0 spiro atoms. The molecule has 0 radical (unpaired) electrons. The second-order valence-electron chi connectivity index (χ2n) is 10.4. The first-order valence-electron chi connectivity index (χ1n) is 13.1. The monoisotopic (exact) mass is 657 g/mol. The zero-order chi connectivity index (χ0) is 31.0. The molecule has 0 aromatic carbocycles. The molecule has 3 aliphatic rings. The number of rotatable bonds is 2. The van der Waals surface area contributed by atoms with Crippen molar-refractivity contribution in [3.8, 4) is 0 Å². The molecule has 21 nitrogen and oxygen atoms in total. The number of nitrogens with two attached hydrogens (primary N) is 1. The summed E-state index contributed by atoms with van der Waals surface area (Å²) in [5, 5.41) is 22.3. The second-order valence-corrected chi connectivity index (χ2v) is 13.2. The van der Waals surface area contributed by atoms with Crippen LogP contribution in [0.1, 0.15) is 18.7 Å². The average Bonchev–Trinajstić information content (AvgIpc) is 3.73. The minimum atomic E-state index is -4.95. The average molecular weight is 657 g/mol. The van der Waals surface area contributed by atoms with E-state index in [1.54, 1.807) is 0 Å². The van der Waals surface area contributed by atoms with Gasteiger partial charge in [-0.25, -0.2) is 34.0 Å². The highest BCUT2D eigenvalue weighted by Gasteiger charge is 2.53. The van der Waals surface area contributed by atoms with Crippen molar-refractivity contribution in [3.05, 3.63) is 35.7 Å². The van der Waals surface area contributed by atoms with Crippen LogP contribution in [0.4, 0.5) is 5.82 Å². The van der Waals surface area contributed by atoms with Gasteiger partial charge in [-0.3, -0.25) is 27.5 Å². The Morgan fingerprint density at radius 2 is 1.57 bits per heavy atom. The molecule has 0 amide bonds. The molecule has 2 saturated heterocycles. The van der Waals surface area contributed by atoms with E-state index in [2.05, 4.69) is 29.9 Å². The van der Waals surface area contributed by atoms with Gasteiger partial charge in [-0.05, 0) is 6.42 Å². The standard InChI is InChI=1S/C21H25N9O12P2/c22-17-11-18(24-4-23-17)30(7-27-11)21-14(32)16-10(40-21)3-39-44(36,37)41-15-8(2-38-43(34,35)42-16)1-9(13(15)31)29-6-28-12-19(29)25-5-26-20(12)33/h4-10,13-16,21,31-32H,1-3H2,(H,34,35)(H,36,37)(H2,22,23,24)(H,25,26,33). The van der Waals surface area contributed by atoms with Gasteiger partial charge >= 0.3 is 15.6 Å². The molecule has 44 heavy (non-hydrogen) atoms. The number of H-pyrrole nitrogens is 1. The van der Waals surface area contributed by atoms with Gasteiger partial charge in [-0.1, -0.05) is 0 Å². The number of nitrogen functional groups attached to an aromatic ring is 1. The Morgan fingerprint density at radius 1 is 0.886 bits per heavy atom. The third-order valence-electron chi connectivity index (χ3n) is 7.80. The van der Waals surface area contributed by atoms with Gasteiger partial charge in [-0.15, -0.1) is 0 Å². The molecule has 10 atom stereocenters. The van der Waals surface area contributed by atoms with Gasteiger partial charge in [0.2, 0.25) is 0 Å². The summed E-state index contributed by atoms with van der Waals surface area (Å²) >= 11 is 0. The van der Waals surface area contributed by atoms with E-state index in [9.17, 15) is 33.9 Å². The topological polar surface area (TPSA) is 294 Å². The van der Waals surface area contributed by atoms with E-state index < -0.39 is 83.1 Å². The minimum Gasteiger partial charge on any atom is -0.388 e. The van der Waals surface area contributed by atoms with Crippen molar-refractivity contribution in [2.45, 2.75) is 49.2 Å². The first-order valence-corrected chi connectivity index (χ1v) is 16.1. The predicted octanol–water partition coefficient (Wildman–Crippen LogP) is -1.26. The van der Waals surface area contributed by atoms with Gasteiger partial charge < -0.3 is 40.0 Å². The van der Waals surface area contributed by atoms with E-state index in [4.69, 9.17) is 28.6 Å². The molecular weight excluding hydrogens is 632 g/mol. The number of fused-ring (bicyclic) bond motifs is 4. The summed E-state index contributed by atoms with van der Waals surface area (Å²) < 4.78 is 55.9. The molecule has 7 N–H and O–H groups in total. The normalized spacial score (nSPS) is 38.3. The number of aliphatic hydroxyl groups excluding tert-OH is 2. The van der Waals surface area contributed by atoms with Crippen LogP contribution in [0.5, 0.6) is 0 Å². The van der Waals surface area contributed by atoms with Crippen LogP contribution in [0, 0.1) is 5.92 Å². The second kappa shape index (κ2) is 10.7. The first-order chi connectivity index (χ1) is 20.9. The molecule has 4 aromatic heterocycles. The lowest BCUT2D eigenvalue weighted by Crippen LogP contribution is -2.37. The Labute approximate surface area is 244 Å². The number of aromatic amines is 1.